The second-order valence-electron chi connectivity index (χ2n) is 4.86. The molecule has 0 bridgehead atoms. The number of nitrogens with zero attached hydrogens (tertiary/aromatic N) is 1. The first-order valence-electron chi connectivity index (χ1n) is 5.23. The summed E-state index contributed by atoms with van der Waals surface area (Å²) in [7, 11) is 0. The van der Waals surface area contributed by atoms with Gasteiger partial charge in [0.2, 0.25) is 0 Å². The zero-order valence-electron chi connectivity index (χ0n) is 9.87. The molecule has 3 nitrogen and oxygen atoms in total. The summed E-state index contributed by atoms with van der Waals surface area (Å²) in [6.45, 7) is 9.69. The highest BCUT2D eigenvalue weighted by atomic mass is 32.1. The standard InChI is InChI=1S/C11H20N2OS/c1-8(14)5-12-6-9-7-13-10(15-9)11(2,3)4/h7-8,12,14H,5-6H2,1-4H3/t8-/m1/s1. The number of nitrogens with one attached hydrogen (secondary N) is 1. The number of aliphatic hydroxyl groups excluding tert-OH is 1. The molecule has 0 aliphatic carbocycles. The third kappa shape index (κ3) is 4.28. The van der Waals surface area contributed by atoms with Crippen LogP contribution in [0.3, 0.4) is 0 Å². The largest absolute Gasteiger partial charge is 0.392 e. The third-order valence-electron chi connectivity index (χ3n) is 1.93. The molecule has 0 fully saturated rings. The van der Waals surface area contributed by atoms with E-state index in [4.69, 9.17) is 5.11 Å². The number of aromatic nitrogens is 1. The van der Waals surface area contributed by atoms with E-state index in [1.807, 2.05) is 6.20 Å². The van der Waals surface area contributed by atoms with Crippen molar-refractivity contribution in [2.24, 2.45) is 0 Å². The SMILES string of the molecule is C[C@@H](O)CNCc1cnc(C(C)(C)C)s1. The fraction of sp³-hybridized carbons (Fsp3) is 0.727. The number of hydrogen-bond donors (Lipinski definition) is 2. The summed E-state index contributed by atoms with van der Waals surface area (Å²) in [5, 5.41) is 13.4. The number of rotatable bonds is 4. The van der Waals surface area contributed by atoms with Crippen LogP contribution in [0.4, 0.5) is 0 Å². The van der Waals surface area contributed by atoms with E-state index < -0.39 is 0 Å². The monoisotopic (exact) mass is 228 g/mol. The Morgan fingerprint density at radius 3 is 2.67 bits per heavy atom. The fourth-order valence-corrected chi connectivity index (χ4v) is 2.08. The van der Waals surface area contributed by atoms with Gasteiger partial charge in [0, 0.05) is 29.6 Å². The maximum Gasteiger partial charge on any atom is 0.0981 e. The Labute approximate surface area is 95.6 Å². The molecule has 0 amide bonds. The van der Waals surface area contributed by atoms with Crippen LogP contribution in [0.25, 0.3) is 0 Å². The summed E-state index contributed by atoms with van der Waals surface area (Å²) in [4.78, 5) is 5.62. The molecule has 0 unspecified atom stereocenters. The van der Waals surface area contributed by atoms with Crippen molar-refractivity contribution in [1.82, 2.24) is 10.3 Å². The van der Waals surface area contributed by atoms with Crippen molar-refractivity contribution in [2.75, 3.05) is 6.54 Å². The van der Waals surface area contributed by atoms with Gasteiger partial charge in [-0.1, -0.05) is 20.8 Å². The molecule has 1 rings (SSSR count). The molecular weight excluding hydrogens is 208 g/mol. The van der Waals surface area contributed by atoms with E-state index in [1.54, 1.807) is 18.3 Å². The normalized spacial score (nSPS) is 14.2. The highest BCUT2D eigenvalue weighted by molar-refractivity contribution is 7.11. The molecule has 0 aliphatic rings. The predicted molar refractivity (Wildman–Crippen MR) is 64.2 cm³/mol. The zero-order valence-corrected chi connectivity index (χ0v) is 10.7. The average molecular weight is 228 g/mol. The van der Waals surface area contributed by atoms with Gasteiger partial charge in [0.05, 0.1) is 11.1 Å². The Morgan fingerprint density at radius 1 is 1.53 bits per heavy atom. The van der Waals surface area contributed by atoms with E-state index in [0.29, 0.717) is 6.54 Å². The van der Waals surface area contributed by atoms with Gasteiger partial charge in [-0.05, 0) is 6.92 Å². The Kier molecular flexibility index (Phi) is 4.25. The summed E-state index contributed by atoms with van der Waals surface area (Å²) in [5.41, 5.74) is 0.132. The van der Waals surface area contributed by atoms with Crippen molar-refractivity contribution < 1.29 is 5.11 Å². The van der Waals surface area contributed by atoms with Crippen LogP contribution in [-0.2, 0) is 12.0 Å². The molecule has 1 aromatic heterocycles. The summed E-state index contributed by atoms with van der Waals surface area (Å²) < 4.78 is 0. The molecular formula is C11H20N2OS. The van der Waals surface area contributed by atoms with Gasteiger partial charge in [-0.25, -0.2) is 4.98 Å². The molecule has 4 heteroatoms. The zero-order chi connectivity index (χ0) is 11.5. The second-order valence-corrected chi connectivity index (χ2v) is 5.98. The minimum absolute atomic E-state index is 0.132. The molecule has 0 radical (unpaired) electrons. The third-order valence-corrected chi connectivity index (χ3v) is 3.36. The van der Waals surface area contributed by atoms with E-state index in [9.17, 15) is 0 Å². The molecule has 1 aromatic rings. The van der Waals surface area contributed by atoms with Gasteiger partial charge in [0.1, 0.15) is 0 Å². The van der Waals surface area contributed by atoms with E-state index in [-0.39, 0.29) is 11.5 Å². The first-order chi connectivity index (χ1) is 6.89. The smallest absolute Gasteiger partial charge is 0.0981 e. The van der Waals surface area contributed by atoms with E-state index >= 15 is 0 Å². The summed E-state index contributed by atoms with van der Waals surface area (Å²) in [5.74, 6) is 0. The summed E-state index contributed by atoms with van der Waals surface area (Å²) in [6.07, 6.45) is 1.63. The average Bonchev–Trinajstić information content (AvgIpc) is 2.51. The first-order valence-corrected chi connectivity index (χ1v) is 6.05. The Morgan fingerprint density at radius 2 is 2.20 bits per heavy atom. The number of thiazole rings is 1. The van der Waals surface area contributed by atoms with Gasteiger partial charge in [-0.2, -0.15) is 0 Å². The van der Waals surface area contributed by atoms with Crippen LogP contribution in [0.15, 0.2) is 6.20 Å². The highest BCUT2D eigenvalue weighted by Gasteiger charge is 2.17. The van der Waals surface area contributed by atoms with Crippen molar-refractivity contribution in [3.63, 3.8) is 0 Å². The molecule has 0 saturated carbocycles. The molecule has 1 heterocycles. The minimum Gasteiger partial charge on any atom is -0.392 e. The van der Waals surface area contributed by atoms with Crippen molar-refractivity contribution in [2.45, 2.75) is 45.8 Å². The lowest BCUT2D eigenvalue weighted by Gasteiger charge is -2.13. The van der Waals surface area contributed by atoms with E-state index in [0.717, 1.165) is 11.6 Å². The first kappa shape index (κ1) is 12.6. The molecule has 1 atom stereocenters. The quantitative estimate of drug-likeness (QED) is 0.827. The fourth-order valence-electron chi connectivity index (χ4n) is 1.14. The number of hydrogen-bond acceptors (Lipinski definition) is 4. The molecule has 0 aliphatic heterocycles. The van der Waals surface area contributed by atoms with Crippen LogP contribution in [0.1, 0.15) is 37.6 Å². The van der Waals surface area contributed by atoms with Crippen LogP contribution < -0.4 is 5.32 Å². The number of aliphatic hydroxyl groups is 1. The predicted octanol–water partition coefficient (Wildman–Crippen LogP) is 1.91. The lowest BCUT2D eigenvalue weighted by atomic mass is 9.98. The van der Waals surface area contributed by atoms with Gasteiger partial charge in [0.25, 0.3) is 0 Å². The Balaban J connectivity index is 2.47. The Hall–Kier alpha value is -0.450. The van der Waals surface area contributed by atoms with Gasteiger partial charge in [-0.3, -0.25) is 0 Å². The Bertz CT molecular complexity index is 302. The van der Waals surface area contributed by atoms with Gasteiger partial charge in [0.15, 0.2) is 0 Å². The summed E-state index contributed by atoms with van der Waals surface area (Å²) >= 11 is 1.74. The van der Waals surface area contributed by atoms with Gasteiger partial charge >= 0.3 is 0 Å². The molecule has 0 aromatic carbocycles. The molecule has 0 saturated heterocycles. The maximum atomic E-state index is 9.09. The van der Waals surface area contributed by atoms with Gasteiger partial charge < -0.3 is 10.4 Å². The van der Waals surface area contributed by atoms with Crippen molar-refractivity contribution in [3.05, 3.63) is 16.1 Å². The lowest BCUT2D eigenvalue weighted by molar-refractivity contribution is 0.191. The van der Waals surface area contributed by atoms with Crippen LogP contribution in [0.2, 0.25) is 0 Å². The van der Waals surface area contributed by atoms with E-state index in [1.165, 1.54) is 4.88 Å². The van der Waals surface area contributed by atoms with Crippen molar-refractivity contribution in [3.8, 4) is 0 Å². The van der Waals surface area contributed by atoms with E-state index in [2.05, 4.69) is 31.1 Å². The topological polar surface area (TPSA) is 45.1 Å². The van der Waals surface area contributed by atoms with Crippen LogP contribution in [-0.4, -0.2) is 22.7 Å². The maximum absolute atomic E-state index is 9.09. The van der Waals surface area contributed by atoms with Crippen LogP contribution in [0, 0.1) is 0 Å². The van der Waals surface area contributed by atoms with Crippen molar-refractivity contribution in [1.29, 1.82) is 0 Å². The molecule has 86 valence electrons. The molecule has 15 heavy (non-hydrogen) atoms. The minimum atomic E-state index is -0.292. The lowest BCUT2D eigenvalue weighted by Crippen LogP contribution is -2.23. The second kappa shape index (κ2) is 5.05. The molecule has 2 N–H and O–H groups in total. The summed E-state index contributed by atoms with van der Waals surface area (Å²) in [6, 6.07) is 0. The molecule has 0 spiro atoms. The highest BCUT2D eigenvalue weighted by Crippen LogP contribution is 2.26. The van der Waals surface area contributed by atoms with Crippen molar-refractivity contribution >= 4 is 11.3 Å². The van der Waals surface area contributed by atoms with Crippen LogP contribution in [0.5, 0.6) is 0 Å². The van der Waals surface area contributed by atoms with Gasteiger partial charge in [-0.15, -0.1) is 11.3 Å². The van der Waals surface area contributed by atoms with Crippen LogP contribution >= 0.6 is 11.3 Å².